The van der Waals surface area contributed by atoms with E-state index in [0.29, 0.717) is 12.8 Å². The van der Waals surface area contributed by atoms with Gasteiger partial charge in [0.05, 0.1) is 11.2 Å². The molecule has 0 aromatic heterocycles. The predicted octanol–water partition coefficient (Wildman–Crippen LogP) is 3.60. The molecule has 0 saturated heterocycles. The van der Waals surface area contributed by atoms with Crippen molar-refractivity contribution in [3.8, 4) is 0 Å². The fourth-order valence-electron chi connectivity index (χ4n) is 5.82. The Labute approximate surface area is 148 Å². The molecule has 0 radical (unpaired) electrons. The van der Waals surface area contributed by atoms with E-state index in [2.05, 4.69) is 43.0 Å². The van der Waals surface area contributed by atoms with Gasteiger partial charge in [-0.15, -0.1) is 0 Å². The first-order valence-corrected chi connectivity index (χ1v) is 9.48. The molecular weight excluding hydrogens is 310 g/mol. The van der Waals surface area contributed by atoms with Crippen molar-refractivity contribution in [2.45, 2.75) is 49.7 Å². The fourth-order valence-corrected chi connectivity index (χ4v) is 5.82. The lowest BCUT2D eigenvalue weighted by Gasteiger charge is -2.64. The highest BCUT2D eigenvalue weighted by Gasteiger charge is 2.68. The van der Waals surface area contributed by atoms with Gasteiger partial charge in [0, 0.05) is 36.2 Å². The molecule has 2 unspecified atom stereocenters. The number of hydrogen-bond donors (Lipinski definition) is 2. The van der Waals surface area contributed by atoms with Gasteiger partial charge in [-0.25, -0.2) is 0 Å². The van der Waals surface area contributed by atoms with Crippen LogP contribution in [-0.4, -0.2) is 23.3 Å². The molecule has 2 aromatic rings. The van der Waals surface area contributed by atoms with Crippen LogP contribution >= 0.6 is 0 Å². The summed E-state index contributed by atoms with van der Waals surface area (Å²) in [6.45, 7) is 6.18. The Morgan fingerprint density at radius 3 is 2.28 bits per heavy atom. The van der Waals surface area contributed by atoms with Gasteiger partial charge in [-0.3, -0.25) is 0 Å². The van der Waals surface area contributed by atoms with E-state index in [4.69, 9.17) is 0 Å². The third kappa shape index (κ3) is 1.64. The summed E-state index contributed by atoms with van der Waals surface area (Å²) < 4.78 is 0. The van der Waals surface area contributed by atoms with Crippen LogP contribution < -0.4 is 4.90 Å². The summed E-state index contributed by atoms with van der Waals surface area (Å²) in [5, 5.41) is 22.9. The second kappa shape index (κ2) is 4.87. The summed E-state index contributed by atoms with van der Waals surface area (Å²) in [6.07, 6.45) is 1.26. The molecule has 130 valence electrons. The quantitative estimate of drug-likeness (QED) is 0.901. The van der Waals surface area contributed by atoms with Crippen LogP contribution in [-0.2, 0) is 11.2 Å². The monoisotopic (exact) mass is 335 g/mol. The third-order valence-corrected chi connectivity index (χ3v) is 6.96. The van der Waals surface area contributed by atoms with Crippen molar-refractivity contribution in [3.05, 3.63) is 64.7 Å². The summed E-state index contributed by atoms with van der Waals surface area (Å²) in [5.74, 6) is 0.0218. The first-order valence-electron chi connectivity index (χ1n) is 9.48. The van der Waals surface area contributed by atoms with E-state index >= 15 is 0 Å². The minimum atomic E-state index is -0.807. The van der Waals surface area contributed by atoms with Crippen LogP contribution in [0.1, 0.15) is 60.8 Å². The van der Waals surface area contributed by atoms with E-state index in [-0.39, 0.29) is 11.8 Å². The van der Waals surface area contributed by atoms with Crippen LogP contribution in [0.3, 0.4) is 0 Å². The largest absolute Gasteiger partial charge is 0.384 e. The minimum Gasteiger partial charge on any atom is -0.384 e. The zero-order valence-corrected chi connectivity index (χ0v) is 14.9. The molecule has 4 atom stereocenters. The molecule has 3 aliphatic rings. The Morgan fingerprint density at radius 2 is 1.52 bits per heavy atom. The van der Waals surface area contributed by atoms with Gasteiger partial charge in [0.1, 0.15) is 0 Å². The van der Waals surface area contributed by atoms with Crippen LogP contribution in [0.15, 0.2) is 42.5 Å². The first kappa shape index (κ1) is 15.4. The van der Waals surface area contributed by atoms with Crippen molar-refractivity contribution in [3.63, 3.8) is 0 Å². The molecule has 3 heteroatoms. The zero-order valence-electron chi connectivity index (χ0n) is 14.9. The molecule has 0 spiro atoms. The maximum atomic E-state index is 11.6. The molecule has 5 rings (SSSR count). The summed E-state index contributed by atoms with van der Waals surface area (Å²) in [5.41, 5.74) is 4.20. The number of rotatable bonds is 3. The van der Waals surface area contributed by atoms with Crippen molar-refractivity contribution in [1.29, 1.82) is 0 Å². The molecule has 3 aliphatic carbocycles. The van der Waals surface area contributed by atoms with Crippen LogP contribution in [0.2, 0.25) is 0 Å². The normalized spacial score (nSPS) is 33.9. The van der Waals surface area contributed by atoms with Gasteiger partial charge in [0.25, 0.3) is 0 Å². The lowest BCUT2D eigenvalue weighted by Crippen LogP contribution is -2.61. The molecular formula is C22H25NO2. The topological polar surface area (TPSA) is 43.7 Å². The second-order valence-corrected chi connectivity index (χ2v) is 7.80. The average molecular weight is 335 g/mol. The van der Waals surface area contributed by atoms with Crippen molar-refractivity contribution >= 4 is 5.69 Å². The number of nitrogens with zero attached hydrogens (tertiary/aromatic N) is 1. The van der Waals surface area contributed by atoms with Gasteiger partial charge in [-0.1, -0.05) is 36.4 Å². The predicted molar refractivity (Wildman–Crippen MR) is 99.0 cm³/mol. The third-order valence-electron chi connectivity index (χ3n) is 6.96. The standard InChI is InChI=1S/C22H25NO2/c1-3-23(4-2)17-11-7-9-15-18(17)22(25)13-12-21(24)16-10-6-5-8-14(16)19(21)20(15)22/h5-11,19-20,24-25H,3-4,12-13H2,1-2H3/t19-,20?,21+,22?/m1/s1. The number of aliphatic hydroxyl groups is 2. The molecule has 2 aromatic carbocycles. The van der Waals surface area contributed by atoms with Crippen molar-refractivity contribution < 1.29 is 10.2 Å². The summed E-state index contributed by atoms with van der Waals surface area (Å²) in [4.78, 5) is 2.32. The van der Waals surface area contributed by atoms with Crippen LogP contribution in [0.5, 0.6) is 0 Å². The van der Waals surface area contributed by atoms with Crippen molar-refractivity contribution in [2.75, 3.05) is 18.0 Å². The molecule has 2 N–H and O–H groups in total. The SMILES string of the molecule is CCN(CC)c1cccc2c1C1(O)CC[C@]3(O)c4ccccc4[C@@H]3C21. The van der Waals surface area contributed by atoms with E-state index in [1.54, 1.807) is 0 Å². The first-order chi connectivity index (χ1) is 12.1. The van der Waals surface area contributed by atoms with Crippen molar-refractivity contribution in [2.24, 2.45) is 0 Å². The van der Waals surface area contributed by atoms with Crippen LogP contribution in [0, 0.1) is 0 Å². The number of anilines is 1. The Bertz CT molecular complexity index is 859. The Hall–Kier alpha value is -1.84. The van der Waals surface area contributed by atoms with E-state index < -0.39 is 11.2 Å². The fraction of sp³-hybridized carbons (Fsp3) is 0.455. The molecule has 1 fully saturated rings. The molecule has 0 aliphatic heterocycles. The molecule has 0 bridgehead atoms. The summed E-state index contributed by atoms with van der Waals surface area (Å²) >= 11 is 0. The van der Waals surface area contributed by atoms with Crippen LogP contribution in [0.4, 0.5) is 5.69 Å². The van der Waals surface area contributed by atoms with Gasteiger partial charge in [0.15, 0.2) is 0 Å². The van der Waals surface area contributed by atoms with Gasteiger partial charge >= 0.3 is 0 Å². The smallest absolute Gasteiger partial charge is 0.0995 e. The number of benzene rings is 2. The molecule has 3 nitrogen and oxygen atoms in total. The minimum absolute atomic E-state index is 0.00617. The van der Waals surface area contributed by atoms with Gasteiger partial charge in [0.2, 0.25) is 0 Å². The van der Waals surface area contributed by atoms with Gasteiger partial charge in [-0.05, 0) is 49.4 Å². The zero-order chi connectivity index (χ0) is 17.4. The van der Waals surface area contributed by atoms with Crippen molar-refractivity contribution in [1.82, 2.24) is 0 Å². The van der Waals surface area contributed by atoms with E-state index in [1.807, 2.05) is 18.2 Å². The highest BCUT2D eigenvalue weighted by atomic mass is 16.3. The maximum absolute atomic E-state index is 11.6. The number of fused-ring (bicyclic) bond motifs is 9. The molecule has 1 saturated carbocycles. The average Bonchev–Trinajstić information content (AvgIpc) is 2.64. The van der Waals surface area contributed by atoms with E-state index in [0.717, 1.165) is 24.2 Å². The molecule has 0 heterocycles. The lowest BCUT2D eigenvalue weighted by atomic mass is 9.43. The van der Waals surface area contributed by atoms with E-state index in [9.17, 15) is 10.2 Å². The summed E-state index contributed by atoms with van der Waals surface area (Å²) in [7, 11) is 0. The highest BCUT2D eigenvalue weighted by molar-refractivity contribution is 5.69. The Morgan fingerprint density at radius 1 is 0.880 bits per heavy atom. The summed E-state index contributed by atoms with van der Waals surface area (Å²) in [6, 6.07) is 14.6. The van der Waals surface area contributed by atoms with Crippen LogP contribution in [0.25, 0.3) is 0 Å². The van der Waals surface area contributed by atoms with Gasteiger partial charge < -0.3 is 15.1 Å². The lowest BCUT2D eigenvalue weighted by molar-refractivity contribution is -0.155. The highest BCUT2D eigenvalue weighted by Crippen LogP contribution is 2.72. The number of hydrogen-bond acceptors (Lipinski definition) is 3. The molecule has 0 amide bonds. The van der Waals surface area contributed by atoms with E-state index in [1.165, 1.54) is 16.8 Å². The second-order valence-electron chi connectivity index (χ2n) is 7.80. The Kier molecular flexibility index (Phi) is 3.00. The maximum Gasteiger partial charge on any atom is 0.0995 e. The Balaban J connectivity index is 1.66. The van der Waals surface area contributed by atoms with Gasteiger partial charge in [-0.2, -0.15) is 0 Å². The molecule has 25 heavy (non-hydrogen) atoms.